The number of halogens is 3. The molecule has 166 valence electrons. The maximum atomic E-state index is 14.5. The molecule has 0 aliphatic heterocycles. The summed E-state index contributed by atoms with van der Waals surface area (Å²) in [7, 11) is 0. The summed E-state index contributed by atoms with van der Waals surface area (Å²) in [5.41, 5.74) is 1.57. The quantitative estimate of drug-likeness (QED) is 0.385. The first kappa shape index (κ1) is 22.2. The molecular weight excluding hydrogens is 429 g/mol. The predicted molar refractivity (Wildman–Crippen MR) is 120 cm³/mol. The van der Waals surface area contributed by atoms with Crippen LogP contribution in [0.5, 0.6) is 0 Å². The summed E-state index contributed by atoms with van der Waals surface area (Å²) in [5.74, 6) is -2.24. The largest absolute Gasteiger partial charge is 0.455 e. The number of benzene rings is 3. The summed E-state index contributed by atoms with van der Waals surface area (Å²) in [6.45, 7) is 5.12. The van der Waals surface area contributed by atoms with Crippen molar-refractivity contribution in [2.45, 2.75) is 26.8 Å². The SMILES string of the molecule is Cc1cc([C@@H](C)Nc2cccc(F)c2C#N)c2oc(-c3ccc(F)cc3F)c(C)c(=O)c2c1. The molecule has 0 radical (unpaired) electrons. The summed E-state index contributed by atoms with van der Waals surface area (Å²) in [4.78, 5) is 13.2. The Kier molecular flexibility index (Phi) is 5.69. The normalized spacial score (nSPS) is 11.9. The van der Waals surface area contributed by atoms with Crippen molar-refractivity contribution in [2.75, 3.05) is 5.32 Å². The Labute approximate surface area is 187 Å². The van der Waals surface area contributed by atoms with Crippen LogP contribution >= 0.6 is 0 Å². The highest BCUT2D eigenvalue weighted by Gasteiger charge is 2.21. The van der Waals surface area contributed by atoms with E-state index in [1.54, 1.807) is 25.1 Å². The summed E-state index contributed by atoms with van der Waals surface area (Å²) in [6, 6.07) is 12.1. The molecule has 4 aromatic rings. The average molecular weight is 448 g/mol. The van der Waals surface area contributed by atoms with Crippen molar-refractivity contribution in [3.05, 3.63) is 98.5 Å². The van der Waals surface area contributed by atoms with Crippen LogP contribution in [0.15, 0.2) is 57.7 Å². The number of nitrogens with zero attached hydrogens (tertiary/aromatic N) is 1. The summed E-state index contributed by atoms with van der Waals surface area (Å²) >= 11 is 0. The lowest BCUT2D eigenvalue weighted by Crippen LogP contribution is -2.13. The van der Waals surface area contributed by atoms with Crippen molar-refractivity contribution in [1.29, 1.82) is 5.26 Å². The zero-order chi connectivity index (χ0) is 23.9. The number of nitriles is 1. The number of anilines is 1. The Morgan fingerprint density at radius 1 is 1.03 bits per heavy atom. The molecule has 0 amide bonds. The Balaban J connectivity index is 1.92. The molecule has 0 spiro atoms. The summed E-state index contributed by atoms with van der Waals surface area (Å²) in [6.07, 6.45) is 0. The van der Waals surface area contributed by atoms with Crippen molar-refractivity contribution >= 4 is 16.7 Å². The van der Waals surface area contributed by atoms with Gasteiger partial charge < -0.3 is 9.73 Å². The highest BCUT2D eigenvalue weighted by Crippen LogP contribution is 2.33. The van der Waals surface area contributed by atoms with Gasteiger partial charge in [0.25, 0.3) is 0 Å². The van der Waals surface area contributed by atoms with E-state index >= 15 is 0 Å². The highest BCUT2D eigenvalue weighted by atomic mass is 19.1. The fourth-order valence-electron chi connectivity index (χ4n) is 3.89. The van der Waals surface area contributed by atoms with E-state index in [2.05, 4.69) is 5.32 Å². The zero-order valence-electron chi connectivity index (χ0n) is 18.1. The van der Waals surface area contributed by atoms with Gasteiger partial charge in [-0.1, -0.05) is 12.1 Å². The van der Waals surface area contributed by atoms with Crippen LogP contribution in [0.2, 0.25) is 0 Å². The van der Waals surface area contributed by atoms with Crippen LogP contribution in [-0.2, 0) is 0 Å². The first-order valence-corrected chi connectivity index (χ1v) is 10.2. The lowest BCUT2D eigenvalue weighted by atomic mass is 9.98. The topological polar surface area (TPSA) is 66.0 Å². The van der Waals surface area contributed by atoms with Gasteiger partial charge in [0, 0.05) is 17.2 Å². The van der Waals surface area contributed by atoms with Gasteiger partial charge in [0.1, 0.15) is 40.4 Å². The number of hydrogen-bond donors (Lipinski definition) is 1. The minimum Gasteiger partial charge on any atom is -0.455 e. The summed E-state index contributed by atoms with van der Waals surface area (Å²) < 4.78 is 48.0. The van der Waals surface area contributed by atoms with E-state index in [1.165, 1.54) is 25.1 Å². The van der Waals surface area contributed by atoms with E-state index in [1.807, 2.05) is 13.0 Å². The molecule has 1 atom stereocenters. The third-order valence-corrected chi connectivity index (χ3v) is 5.53. The molecule has 33 heavy (non-hydrogen) atoms. The van der Waals surface area contributed by atoms with Gasteiger partial charge in [0.15, 0.2) is 5.43 Å². The van der Waals surface area contributed by atoms with Crippen LogP contribution in [-0.4, -0.2) is 0 Å². The monoisotopic (exact) mass is 448 g/mol. The Morgan fingerprint density at radius 2 is 1.79 bits per heavy atom. The number of nitrogens with one attached hydrogen (secondary N) is 1. The van der Waals surface area contributed by atoms with Crippen LogP contribution in [0.4, 0.5) is 18.9 Å². The van der Waals surface area contributed by atoms with Crippen molar-refractivity contribution < 1.29 is 17.6 Å². The van der Waals surface area contributed by atoms with Crippen LogP contribution in [0.3, 0.4) is 0 Å². The fourth-order valence-corrected chi connectivity index (χ4v) is 3.89. The predicted octanol–water partition coefficient (Wildman–Crippen LogP) is 6.54. The van der Waals surface area contributed by atoms with E-state index in [4.69, 9.17) is 4.42 Å². The molecule has 1 heterocycles. The highest BCUT2D eigenvalue weighted by molar-refractivity contribution is 5.84. The maximum Gasteiger partial charge on any atom is 0.196 e. The second-order valence-corrected chi connectivity index (χ2v) is 7.88. The second kappa shape index (κ2) is 8.47. The van der Waals surface area contributed by atoms with E-state index < -0.39 is 23.5 Å². The van der Waals surface area contributed by atoms with Gasteiger partial charge in [0.05, 0.1) is 22.7 Å². The van der Waals surface area contributed by atoms with Gasteiger partial charge in [-0.05, 0) is 56.7 Å². The van der Waals surface area contributed by atoms with E-state index in [-0.39, 0.29) is 33.5 Å². The van der Waals surface area contributed by atoms with E-state index in [0.29, 0.717) is 16.6 Å². The molecule has 4 nitrogen and oxygen atoms in total. The van der Waals surface area contributed by atoms with Gasteiger partial charge in [-0.2, -0.15) is 5.26 Å². The molecule has 0 bridgehead atoms. The van der Waals surface area contributed by atoms with Gasteiger partial charge in [-0.25, -0.2) is 13.2 Å². The summed E-state index contributed by atoms with van der Waals surface area (Å²) in [5, 5.41) is 12.7. The van der Waals surface area contributed by atoms with Crippen LogP contribution < -0.4 is 10.7 Å². The van der Waals surface area contributed by atoms with Crippen molar-refractivity contribution in [3.8, 4) is 17.4 Å². The first-order valence-electron chi connectivity index (χ1n) is 10.2. The lowest BCUT2D eigenvalue weighted by Gasteiger charge is -2.19. The maximum absolute atomic E-state index is 14.5. The number of aryl methyl sites for hydroxylation is 1. The van der Waals surface area contributed by atoms with Crippen LogP contribution in [0.1, 0.15) is 35.2 Å². The minimum absolute atomic E-state index is 0.00534. The van der Waals surface area contributed by atoms with Crippen LogP contribution in [0.25, 0.3) is 22.3 Å². The molecule has 7 heteroatoms. The number of rotatable bonds is 4. The van der Waals surface area contributed by atoms with Gasteiger partial charge >= 0.3 is 0 Å². The van der Waals surface area contributed by atoms with E-state index in [0.717, 1.165) is 17.7 Å². The number of fused-ring (bicyclic) bond motifs is 1. The Hall–Kier alpha value is -4.05. The zero-order valence-corrected chi connectivity index (χ0v) is 18.1. The van der Waals surface area contributed by atoms with Crippen molar-refractivity contribution in [1.82, 2.24) is 0 Å². The van der Waals surface area contributed by atoms with E-state index in [9.17, 15) is 23.2 Å². The smallest absolute Gasteiger partial charge is 0.196 e. The fraction of sp³-hybridized carbons (Fsp3) is 0.154. The van der Waals surface area contributed by atoms with Crippen molar-refractivity contribution in [2.24, 2.45) is 0 Å². The molecule has 0 unspecified atom stereocenters. The second-order valence-electron chi connectivity index (χ2n) is 7.88. The first-order chi connectivity index (χ1) is 15.7. The number of hydrogen-bond acceptors (Lipinski definition) is 4. The molecule has 1 N–H and O–H groups in total. The van der Waals surface area contributed by atoms with Gasteiger partial charge in [-0.3, -0.25) is 4.79 Å². The third kappa shape index (κ3) is 3.96. The Morgan fingerprint density at radius 3 is 2.48 bits per heavy atom. The Bertz CT molecular complexity index is 1500. The van der Waals surface area contributed by atoms with Gasteiger partial charge in [0.2, 0.25) is 0 Å². The average Bonchev–Trinajstić information content (AvgIpc) is 2.76. The van der Waals surface area contributed by atoms with Crippen LogP contribution in [0, 0.1) is 42.6 Å². The molecule has 0 aliphatic carbocycles. The molecular formula is C26H19F3N2O2. The molecule has 3 aromatic carbocycles. The molecule has 4 rings (SSSR count). The third-order valence-electron chi connectivity index (χ3n) is 5.53. The molecule has 0 fully saturated rings. The van der Waals surface area contributed by atoms with Crippen molar-refractivity contribution in [3.63, 3.8) is 0 Å². The lowest BCUT2D eigenvalue weighted by molar-refractivity contribution is 0.569. The molecule has 0 saturated carbocycles. The standard InChI is InChI=1S/C26H19F3N2O2/c1-13-9-18(15(3)31-23-6-4-5-21(28)20(23)12-30)26-19(10-13)24(32)14(2)25(33-26)17-8-7-16(27)11-22(17)29/h4-11,15,31H,1-3H3/t15-/m1/s1. The molecule has 0 aliphatic rings. The van der Waals surface area contributed by atoms with Gasteiger partial charge in [-0.15, -0.1) is 0 Å². The minimum atomic E-state index is -0.848. The molecule has 0 saturated heterocycles. The molecule has 1 aromatic heterocycles.